The number of nitrogens with one attached hydrogen (secondary N) is 2. The number of amides is 3. The summed E-state index contributed by atoms with van der Waals surface area (Å²) in [7, 11) is 1.39. The molecular formula is C32H44N4O5S. The van der Waals surface area contributed by atoms with Crippen LogP contribution in [0.4, 0.5) is 0 Å². The molecule has 2 aromatic rings. The van der Waals surface area contributed by atoms with Gasteiger partial charge in [0.05, 0.1) is 17.3 Å². The van der Waals surface area contributed by atoms with Crippen LogP contribution in [0.3, 0.4) is 0 Å². The number of hydrogen-bond acceptors (Lipinski definition) is 6. The van der Waals surface area contributed by atoms with Gasteiger partial charge in [0.2, 0.25) is 11.8 Å². The van der Waals surface area contributed by atoms with Crippen molar-refractivity contribution in [1.29, 1.82) is 0 Å². The summed E-state index contributed by atoms with van der Waals surface area (Å²) >= 11 is 1.56. The van der Waals surface area contributed by atoms with Crippen molar-refractivity contribution in [3.63, 3.8) is 0 Å². The standard InChI is InChI=1S/C32H44N4O5S/c1-4-35(25-10-8-9-22(2)19-25)29(37)21-36-26-16-18-42-28(26)20-27(36)32(40)34-24-14-12-23(13-15-24)31(39)33-17-7-5-6-11-30(38)41-3/h10,16,18-20,23-24H,4-9,11-15,17,21H2,1-3H3,(H,33,39)(H,34,40). The molecule has 2 aliphatic rings. The number of thiophene rings is 1. The molecule has 0 aromatic carbocycles. The first-order chi connectivity index (χ1) is 20.3. The van der Waals surface area contributed by atoms with Gasteiger partial charge in [-0.2, -0.15) is 0 Å². The van der Waals surface area contributed by atoms with Crippen molar-refractivity contribution < 1.29 is 23.9 Å². The quantitative estimate of drug-likeness (QED) is 0.241. The largest absolute Gasteiger partial charge is 0.469 e. The summed E-state index contributed by atoms with van der Waals surface area (Å²) in [6.45, 7) is 5.33. The second kappa shape index (κ2) is 15.2. The van der Waals surface area contributed by atoms with Gasteiger partial charge in [0.15, 0.2) is 0 Å². The highest BCUT2D eigenvalue weighted by molar-refractivity contribution is 7.17. The molecule has 0 atom stereocenters. The molecule has 1 fully saturated rings. The molecule has 2 aliphatic carbocycles. The summed E-state index contributed by atoms with van der Waals surface area (Å²) < 4.78 is 7.47. The van der Waals surface area contributed by atoms with E-state index in [4.69, 9.17) is 0 Å². The number of unbranched alkanes of at least 4 members (excludes halogenated alkanes) is 2. The number of nitrogens with zero attached hydrogens (tertiary/aromatic N) is 2. The number of ether oxygens (including phenoxy) is 1. The number of carbonyl (C=O) groups is 4. The number of carbonyl (C=O) groups excluding carboxylic acids is 4. The first-order valence-electron chi connectivity index (χ1n) is 15.2. The molecule has 228 valence electrons. The van der Waals surface area contributed by atoms with Gasteiger partial charge in [-0.1, -0.05) is 18.1 Å². The first kappa shape index (κ1) is 31.5. The fourth-order valence-corrected chi connectivity index (χ4v) is 6.69. The zero-order valence-corrected chi connectivity index (χ0v) is 25.9. The van der Waals surface area contributed by atoms with E-state index in [-0.39, 0.29) is 42.2 Å². The van der Waals surface area contributed by atoms with Gasteiger partial charge < -0.3 is 24.8 Å². The molecule has 2 heterocycles. The average molecular weight is 597 g/mol. The number of aromatic nitrogens is 1. The van der Waals surface area contributed by atoms with E-state index in [9.17, 15) is 19.2 Å². The van der Waals surface area contributed by atoms with E-state index in [1.165, 1.54) is 12.7 Å². The number of hydrogen-bond donors (Lipinski definition) is 2. The summed E-state index contributed by atoms with van der Waals surface area (Å²) in [4.78, 5) is 52.6. The molecule has 0 bridgehead atoms. The third-order valence-electron chi connectivity index (χ3n) is 8.28. The van der Waals surface area contributed by atoms with Crippen LogP contribution in [0.5, 0.6) is 0 Å². The zero-order valence-electron chi connectivity index (χ0n) is 25.1. The molecule has 9 nitrogen and oxygen atoms in total. The monoisotopic (exact) mass is 596 g/mol. The van der Waals surface area contributed by atoms with Crippen LogP contribution in [0.25, 0.3) is 10.2 Å². The van der Waals surface area contributed by atoms with E-state index >= 15 is 0 Å². The summed E-state index contributed by atoms with van der Waals surface area (Å²) in [6.07, 6.45) is 11.9. The number of likely N-dealkylation sites (N-methyl/N-ethyl adjacent to an activating group) is 1. The Hall–Kier alpha value is -3.40. The van der Waals surface area contributed by atoms with Crippen molar-refractivity contribution in [3.05, 3.63) is 46.6 Å². The number of allylic oxidation sites excluding steroid dienone is 3. The Bertz CT molecular complexity index is 1330. The number of rotatable bonds is 13. The number of methoxy groups -OCH3 is 1. The van der Waals surface area contributed by atoms with E-state index in [1.54, 1.807) is 16.2 Å². The molecule has 1 saturated carbocycles. The van der Waals surface area contributed by atoms with E-state index in [1.807, 2.05) is 29.0 Å². The normalized spacial score (nSPS) is 18.6. The maximum atomic E-state index is 13.5. The minimum absolute atomic E-state index is 0.00962. The molecule has 0 radical (unpaired) electrons. The predicted octanol–water partition coefficient (Wildman–Crippen LogP) is 5.31. The van der Waals surface area contributed by atoms with Crippen LogP contribution in [-0.2, 0) is 25.7 Å². The van der Waals surface area contributed by atoms with Gasteiger partial charge in [-0.25, -0.2) is 0 Å². The molecular weight excluding hydrogens is 552 g/mol. The van der Waals surface area contributed by atoms with Crippen molar-refractivity contribution in [1.82, 2.24) is 20.1 Å². The maximum absolute atomic E-state index is 13.5. The molecule has 2 N–H and O–H groups in total. The molecule has 0 spiro atoms. The van der Waals surface area contributed by atoms with Crippen molar-refractivity contribution in [3.8, 4) is 0 Å². The number of fused-ring (bicyclic) bond motifs is 1. The summed E-state index contributed by atoms with van der Waals surface area (Å²) in [5.74, 6) is -0.400. The van der Waals surface area contributed by atoms with Crippen LogP contribution in [-0.4, -0.2) is 59.4 Å². The van der Waals surface area contributed by atoms with Crippen LogP contribution in [0.1, 0.15) is 88.5 Å². The molecule has 4 rings (SSSR count). The van der Waals surface area contributed by atoms with Crippen molar-refractivity contribution in [2.24, 2.45) is 5.92 Å². The smallest absolute Gasteiger partial charge is 0.305 e. The van der Waals surface area contributed by atoms with E-state index in [2.05, 4.69) is 34.4 Å². The minimum Gasteiger partial charge on any atom is -0.469 e. The topological polar surface area (TPSA) is 110 Å². The first-order valence-corrected chi connectivity index (χ1v) is 16.1. The zero-order chi connectivity index (χ0) is 30.1. The highest BCUT2D eigenvalue weighted by atomic mass is 32.1. The summed E-state index contributed by atoms with van der Waals surface area (Å²) in [5.41, 5.74) is 3.59. The van der Waals surface area contributed by atoms with Gasteiger partial charge in [-0.3, -0.25) is 19.2 Å². The Balaban J connectivity index is 1.29. The third-order valence-corrected chi connectivity index (χ3v) is 9.14. The summed E-state index contributed by atoms with van der Waals surface area (Å²) in [6, 6.07) is 3.84. The van der Waals surface area contributed by atoms with E-state index < -0.39 is 0 Å². The lowest BCUT2D eigenvalue weighted by atomic mass is 9.85. The van der Waals surface area contributed by atoms with Gasteiger partial charge in [-0.05, 0) is 88.8 Å². The predicted molar refractivity (Wildman–Crippen MR) is 165 cm³/mol. The van der Waals surface area contributed by atoms with Crippen molar-refractivity contribution >= 4 is 45.2 Å². The summed E-state index contributed by atoms with van der Waals surface area (Å²) in [5, 5.41) is 8.19. The Morgan fingerprint density at radius 1 is 1.12 bits per heavy atom. The Labute approximate surface area is 252 Å². The second-order valence-electron chi connectivity index (χ2n) is 11.3. The third kappa shape index (κ3) is 8.12. The van der Waals surface area contributed by atoms with Gasteiger partial charge in [0.25, 0.3) is 5.91 Å². The van der Waals surface area contributed by atoms with Gasteiger partial charge in [0.1, 0.15) is 12.2 Å². The van der Waals surface area contributed by atoms with Crippen LogP contribution in [0.2, 0.25) is 0 Å². The number of esters is 1. The lowest BCUT2D eigenvalue weighted by Gasteiger charge is -2.29. The van der Waals surface area contributed by atoms with Crippen molar-refractivity contribution in [2.75, 3.05) is 20.2 Å². The second-order valence-corrected chi connectivity index (χ2v) is 12.2. The van der Waals surface area contributed by atoms with E-state index in [0.717, 1.165) is 73.7 Å². The SMILES string of the molecule is CCN(C(=O)Cn1c(C(=O)NC2CCC(C(=O)NCCCCCC(=O)OC)CC2)cc2sccc21)C1=CCCC(C)=C1. The molecule has 0 saturated heterocycles. The Kier molecular flexibility index (Phi) is 11.4. The average Bonchev–Trinajstić information content (AvgIpc) is 3.58. The highest BCUT2D eigenvalue weighted by Crippen LogP contribution is 2.28. The van der Waals surface area contributed by atoms with Gasteiger partial charge in [-0.15, -0.1) is 11.3 Å². The Morgan fingerprint density at radius 3 is 2.62 bits per heavy atom. The van der Waals surface area contributed by atoms with Gasteiger partial charge in [0, 0.05) is 37.2 Å². The highest BCUT2D eigenvalue weighted by Gasteiger charge is 2.29. The van der Waals surface area contributed by atoms with Crippen LogP contribution in [0.15, 0.2) is 40.9 Å². The van der Waals surface area contributed by atoms with E-state index in [0.29, 0.717) is 25.2 Å². The lowest BCUT2D eigenvalue weighted by molar-refractivity contribution is -0.140. The molecule has 2 aromatic heterocycles. The fraction of sp³-hybridized carbons (Fsp3) is 0.562. The van der Waals surface area contributed by atoms with Gasteiger partial charge >= 0.3 is 5.97 Å². The minimum atomic E-state index is -0.201. The maximum Gasteiger partial charge on any atom is 0.305 e. The van der Waals surface area contributed by atoms with Crippen LogP contribution in [0, 0.1) is 5.92 Å². The Morgan fingerprint density at radius 2 is 1.90 bits per heavy atom. The lowest BCUT2D eigenvalue weighted by Crippen LogP contribution is -2.42. The van der Waals surface area contributed by atoms with Crippen LogP contribution >= 0.6 is 11.3 Å². The molecule has 42 heavy (non-hydrogen) atoms. The fourth-order valence-electron chi connectivity index (χ4n) is 5.87. The molecule has 10 heteroatoms. The van der Waals surface area contributed by atoms with Crippen molar-refractivity contribution in [2.45, 2.75) is 90.6 Å². The molecule has 3 amide bonds. The molecule has 0 unspecified atom stereocenters. The molecule has 0 aliphatic heterocycles. The van der Waals surface area contributed by atoms with Crippen LogP contribution < -0.4 is 10.6 Å².